The van der Waals surface area contributed by atoms with Crippen molar-refractivity contribution in [3.05, 3.63) is 59.7 Å². The number of nitrogens with one attached hydrogen (secondary N) is 1. The normalized spacial score (nSPS) is 15.6. The second-order valence-corrected chi connectivity index (χ2v) is 10.5. The Morgan fingerprint density at radius 2 is 1.75 bits per heavy atom. The van der Waals surface area contributed by atoms with E-state index in [2.05, 4.69) is 26.1 Å². The number of morpholine rings is 1. The number of carbonyl (C=O) groups is 1. The predicted octanol–water partition coefficient (Wildman–Crippen LogP) is 3.67. The first-order valence-electron chi connectivity index (χ1n) is 10.5. The van der Waals surface area contributed by atoms with E-state index in [-0.39, 0.29) is 35.1 Å². The van der Waals surface area contributed by atoms with Gasteiger partial charge in [0.15, 0.2) is 0 Å². The summed E-state index contributed by atoms with van der Waals surface area (Å²) in [7, 11) is -2.36. The Labute approximate surface area is 190 Å². The van der Waals surface area contributed by atoms with Crippen LogP contribution >= 0.6 is 0 Å². The number of sulfonamides is 1. The summed E-state index contributed by atoms with van der Waals surface area (Å²) in [5.41, 5.74) is 2.55. The summed E-state index contributed by atoms with van der Waals surface area (Å²) in [5, 5.41) is 2.73. The Kier molecular flexibility index (Phi) is 7.38. The molecule has 8 heteroatoms. The number of methoxy groups -OCH3 is 1. The van der Waals surface area contributed by atoms with Gasteiger partial charge in [-0.1, -0.05) is 45.0 Å². The van der Waals surface area contributed by atoms with E-state index in [1.165, 1.54) is 35.2 Å². The van der Waals surface area contributed by atoms with Crippen LogP contribution in [-0.4, -0.2) is 52.0 Å². The lowest BCUT2D eigenvalue weighted by atomic mass is 9.87. The molecule has 0 saturated carbocycles. The van der Waals surface area contributed by atoms with Crippen LogP contribution in [0.1, 0.15) is 31.9 Å². The smallest absolute Gasteiger partial charge is 0.248 e. The monoisotopic (exact) mass is 458 g/mol. The molecule has 0 aliphatic carbocycles. The number of benzene rings is 2. The summed E-state index contributed by atoms with van der Waals surface area (Å²) in [6, 6.07) is 12.6. The molecule has 1 aliphatic rings. The van der Waals surface area contributed by atoms with Crippen LogP contribution < -0.4 is 10.1 Å². The van der Waals surface area contributed by atoms with Crippen molar-refractivity contribution in [3.8, 4) is 5.75 Å². The number of ether oxygens (including phenoxy) is 2. The molecule has 1 fully saturated rings. The molecule has 1 N–H and O–H groups in total. The van der Waals surface area contributed by atoms with Crippen LogP contribution in [0.4, 0.5) is 5.69 Å². The summed E-state index contributed by atoms with van der Waals surface area (Å²) < 4.78 is 38.0. The van der Waals surface area contributed by atoms with Gasteiger partial charge in [-0.25, -0.2) is 8.42 Å². The van der Waals surface area contributed by atoms with Crippen molar-refractivity contribution in [3.63, 3.8) is 0 Å². The first kappa shape index (κ1) is 24.0. The van der Waals surface area contributed by atoms with E-state index in [4.69, 9.17) is 9.47 Å². The fourth-order valence-corrected chi connectivity index (χ4v) is 4.92. The SMILES string of the molecule is COc1ccc(NC(=O)C=Cc2ccc(C(C)(C)C)cc2)cc1S(=O)(=O)N1CCOCC1. The van der Waals surface area contributed by atoms with Crippen molar-refractivity contribution in [2.75, 3.05) is 38.7 Å². The van der Waals surface area contributed by atoms with E-state index < -0.39 is 10.0 Å². The minimum absolute atomic E-state index is 0.0152. The van der Waals surface area contributed by atoms with Gasteiger partial charge in [0.1, 0.15) is 10.6 Å². The second kappa shape index (κ2) is 9.85. The van der Waals surface area contributed by atoms with Crippen molar-refractivity contribution in [1.82, 2.24) is 4.31 Å². The van der Waals surface area contributed by atoms with Gasteiger partial charge in [0.25, 0.3) is 0 Å². The molecule has 2 aromatic carbocycles. The topological polar surface area (TPSA) is 84.9 Å². The van der Waals surface area contributed by atoms with Gasteiger partial charge in [0.05, 0.1) is 20.3 Å². The number of nitrogens with zero attached hydrogens (tertiary/aromatic N) is 1. The van der Waals surface area contributed by atoms with Crippen LogP contribution in [0.15, 0.2) is 53.4 Å². The molecule has 0 radical (unpaired) electrons. The first-order valence-corrected chi connectivity index (χ1v) is 11.9. The highest BCUT2D eigenvalue weighted by Crippen LogP contribution is 2.30. The lowest BCUT2D eigenvalue weighted by Crippen LogP contribution is -2.40. The molecule has 1 heterocycles. The third-order valence-corrected chi connectivity index (χ3v) is 7.14. The van der Waals surface area contributed by atoms with E-state index in [1.807, 2.05) is 24.3 Å². The molecule has 1 saturated heterocycles. The summed E-state index contributed by atoms with van der Waals surface area (Å²) in [6.45, 7) is 7.69. The van der Waals surface area contributed by atoms with E-state index in [1.54, 1.807) is 12.1 Å². The van der Waals surface area contributed by atoms with Gasteiger partial charge >= 0.3 is 0 Å². The average Bonchev–Trinajstić information content (AvgIpc) is 2.78. The van der Waals surface area contributed by atoms with Crippen LogP contribution in [-0.2, 0) is 25.0 Å². The van der Waals surface area contributed by atoms with Gasteiger partial charge in [0, 0.05) is 24.9 Å². The van der Waals surface area contributed by atoms with Gasteiger partial charge in [-0.3, -0.25) is 4.79 Å². The largest absolute Gasteiger partial charge is 0.495 e. The molecule has 0 atom stereocenters. The van der Waals surface area contributed by atoms with E-state index in [0.29, 0.717) is 18.9 Å². The Morgan fingerprint density at radius 1 is 1.09 bits per heavy atom. The Hall–Kier alpha value is -2.68. The lowest BCUT2D eigenvalue weighted by Gasteiger charge is -2.26. The molecule has 0 spiro atoms. The molecule has 1 amide bonds. The highest BCUT2D eigenvalue weighted by atomic mass is 32.2. The zero-order valence-electron chi connectivity index (χ0n) is 18.9. The average molecular weight is 459 g/mol. The third kappa shape index (κ3) is 5.76. The number of rotatable bonds is 6. The molecular weight excluding hydrogens is 428 g/mol. The van der Waals surface area contributed by atoms with E-state index in [0.717, 1.165) is 5.56 Å². The molecule has 7 nitrogen and oxygen atoms in total. The van der Waals surface area contributed by atoms with Crippen molar-refractivity contribution >= 4 is 27.7 Å². The van der Waals surface area contributed by atoms with Gasteiger partial charge in [0.2, 0.25) is 15.9 Å². The number of hydrogen-bond acceptors (Lipinski definition) is 5. The Morgan fingerprint density at radius 3 is 2.34 bits per heavy atom. The Bertz CT molecular complexity index is 1080. The van der Waals surface area contributed by atoms with Crippen LogP contribution in [0.2, 0.25) is 0 Å². The summed E-state index contributed by atoms with van der Waals surface area (Å²) in [4.78, 5) is 12.4. The number of hydrogen-bond donors (Lipinski definition) is 1. The van der Waals surface area contributed by atoms with Crippen molar-refractivity contribution < 1.29 is 22.7 Å². The second-order valence-electron chi connectivity index (χ2n) is 8.58. The maximum atomic E-state index is 13.1. The number of anilines is 1. The van der Waals surface area contributed by atoms with Crippen LogP contribution in [0.25, 0.3) is 6.08 Å². The molecule has 1 aliphatic heterocycles. The predicted molar refractivity (Wildman–Crippen MR) is 125 cm³/mol. The molecule has 0 unspecified atom stereocenters. The van der Waals surface area contributed by atoms with Gasteiger partial charge < -0.3 is 14.8 Å². The van der Waals surface area contributed by atoms with Crippen molar-refractivity contribution in [2.24, 2.45) is 0 Å². The van der Waals surface area contributed by atoms with Gasteiger partial charge in [-0.05, 0) is 40.8 Å². The molecule has 0 bridgehead atoms. The van der Waals surface area contributed by atoms with Crippen molar-refractivity contribution in [2.45, 2.75) is 31.1 Å². The highest BCUT2D eigenvalue weighted by Gasteiger charge is 2.29. The van der Waals surface area contributed by atoms with E-state index in [9.17, 15) is 13.2 Å². The quantitative estimate of drug-likeness (QED) is 0.668. The van der Waals surface area contributed by atoms with Crippen molar-refractivity contribution in [1.29, 1.82) is 0 Å². The van der Waals surface area contributed by atoms with Crippen LogP contribution in [0.3, 0.4) is 0 Å². The fourth-order valence-electron chi connectivity index (χ4n) is 3.33. The van der Waals surface area contributed by atoms with E-state index >= 15 is 0 Å². The molecule has 2 aromatic rings. The third-order valence-electron chi connectivity index (χ3n) is 5.22. The summed E-state index contributed by atoms with van der Waals surface area (Å²) in [5.74, 6) is -0.131. The first-order chi connectivity index (χ1) is 15.1. The lowest BCUT2D eigenvalue weighted by molar-refractivity contribution is -0.111. The van der Waals surface area contributed by atoms with Crippen LogP contribution in [0, 0.1) is 0 Å². The summed E-state index contributed by atoms with van der Waals surface area (Å²) >= 11 is 0. The Balaban J connectivity index is 1.75. The maximum absolute atomic E-state index is 13.1. The number of carbonyl (C=O) groups excluding carboxylic acids is 1. The van der Waals surface area contributed by atoms with Gasteiger partial charge in [-0.15, -0.1) is 0 Å². The fraction of sp³-hybridized carbons (Fsp3) is 0.375. The molecule has 172 valence electrons. The molecule has 3 rings (SSSR count). The number of amides is 1. The minimum Gasteiger partial charge on any atom is -0.495 e. The minimum atomic E-state index is -3.78. The molecule has 0 aromatic heterocycles. The maximum Gasteiger partial charge on any atom is 0.248 e. The van der Waals surface area contributed by atoms with Crippen LogP contribution in [0.5, 0.6) is 5.75 Å². The standard InChI is InChI=1S/C24H30N2O5S/c1-24(2,3)19-8-5-18(6-9-19)7-12-23(27)25-20-10-11-21(30-4)22(17-20)32(28,29)26-13-15-31-16-14-26/h5-12,17H,13-16H2,1-4H3,(H,25,27). The summed E-state index contributed by atoms with van der Waals surface area (Å²) in [6.07, 6.45) is 3.14. The van der Waals surface area contributed by atoms with Gasteiger partial charge in [-0.2, -0.15) is 4.31 Å². The zero-order valence-corrected chi connectivity index (χ0v) is 19.7. The zero-order chi connectivity index (χ0) is 23.4. The molecular formula is C24H30N2O5S. The highest BCUT2D eigenvalue weighted by molar-refractivity contribution is 7.89. The molecule has 32 heavy (non-hydrogen) atoms.